The molecule has 1 aromatic heterocycles. The van der Waals surface area contributed by atoms with Gasteiger partial charge in [0.2, 0.25) is 0 Å². The SMILES string of the molecule is Cc1ccc(NC(=O)c2cnn(-c3ccccc3)c2-c2ccccc2)cc1. The van der Waals surface area contributed by atoms with E-state index in [4.69, 9.17) is 0 Å². The molecule has 0 spiro atoms. The zero-order valence-electron chi connectivity index (χ0n) is 15.0. The van der Waals surface area contributed by atoms with E-state index in [0.717, 1.165) is 28.2 Å². The van der Waals surface area contributed by atoms with Gasteiger partial charge in [0.05, 0.1) is 23.1 Å². The first-order valence-corrected chi connectivity index (χ1v) is 8.79. The number of hydrogen-bond donors (Lipinski definition) is 1. The number of para-hydroxylation sites is 1. The van der Waals surface area contributed by atoms with Gasteiger partial charge in [0.1, 0.15) is 0 Å². The van der Waals surface area contributed by atoms with Crippen LogP contribution >= 0.6 is 0 Å². The van der Waals surface area contributed by atoms with E-state index in [0.29, 0.717) is 5.56 Å². The Balaban J connectivity index is 1.77. The second-order valence-corrected chi connectivity index (χ2v) is 6.34. The molecular formula is C23H19N3O. The number of nitrogens with zero attached hydrogens (tertiary/aromatic N) is 2. The molecule has 0 unspecified atom stereocenters. The highest BCUT2D eigenvalue weighted by molar-refractivity contribution is 6.08. The van der Waals surface area contributed by atoms with Crippen molar-refractivity contribution in [2.75, 3.05) is 5.32 Å². The number of carbonyl (C=O) groups is 1. The average molecular weight is 353 g/mol. The first-order valence-electron chi connectivity index (χ1n) is 8.79. The number of hydrogen-bond acceptors (Lipinski definition) is 2. The highest BCUT2D eigenvalue weighted by atomic mass is 16.1. The predicted octanol–water partition coefficient (Wildman–Crippen LogP) is 5.10. The number of rotatable bonds is 4. The molecule has 1 N–H and O–H groups in total. The number of anilines is 1. The third-order valence-electron chi connectivity index (χ3n) is 4.37. The maximum atomic E-state index is 13.0. The molecule has 27 heavy (non-hydrogen) atoms. The second kappa shape index (κ2) is 7.30. The molecule has 3 aromatic carbocycles. The Morgan fingerprint density at radius 1 is 0.852 bits per heavy atom. The maximum absolute atomic E-state index is 13.0. The summed E-state index contributed by atoms with van der Waals surface area (Å²) in [5, 5.41) is 7.46. The second-order valence-electron chi connectivity index (χ2n) is 6.34. The summed E-state index contributed by atoms with van der Waals surface area (Å²) in [4.78, 5) is 13.0. The van der Waals surface area contributed by atoms with Gasteiger partial charge >= 0.3 is 0 Å². The van der Waals surface area contributed by atoms with Gasteiger partial charge in [-0.1, -0.05) is 66.2 Å². The molecule has 0 aliphatic rings. The molecule has 0 bridgehead atoms. The molecule has 0 aliphatic carbocycles. The molecule has 0 radical (unpaired) electrons. The molecule has 4 nitrogen and oxygen atoms in total. The van der Waals surface area contributed by atoms with Crippen LogP contribution in [-0.2, 0) is 0 Å². The molecule has 0 fully saturated rings. The van der Waals surface area contributed by atoms with E-state index < -0.39 is 0 Å². The normalized spacial score (nSPS) is 10.6. The van der Waals surface area contributed by atoms with Gasteiger partial charge in [0, 0.05) is 11.3 Å². The lowest BCUT2D eigenvalue weighted by atomic mass is 10.1. The van der Waals surface area contributed by atoms with E-state index in [1.807, 2.05) is 91.9 Å². The highest BCUT2D eigenvalue weighted by Crippen LogP contribution is 2.27. The van der Waals surface area contributed by atoms with E-state index in [-0.39, 0.29) is 5.91 Å². The van der Waals surface area contributed by atoms with Crippen LogP contribution in [0.2, 0.25) is 0 Å². The lowest BCUT2D eigenvalue weighted by molar-refractivity contribution is 0.102. The van der Waals surface area contributed by atoms with Crippen LogP contribution in [0.25, 0.3) is 16.9 Å². The number of carbonyl (C=O) groups excluding carboxylic acids is 1. The minimum absolute atomic E-state index is 0.181. The fourth-order valence-corrected chi connectivity index (χ4v) is 2.99. The summed E-state index contributed by atoms with van der Waals surface area (Å²) in [6, 6.07) is 27.4. The molecule has 4 heteroatoms. The van der Waals surface area contributed by atoms with Crippen LogP contribution < -0.4 is 5.32 Å². The van der Waals surface area contributed by atoms with Gasteiger partial charge in [-0.25, -0.2) is 4.68 Å². The summed E-state index contributed by atoms with van der Waals surface area (Å²) >= 11 is 0. The van der Waals surface area contributed by atoms with Gasteiger partial charge in [-0.3, -0.25) is 4.79 Å². The molecule has 132 valence electrons. The van der Waals surface area contributed by atoms with Crippen molar-refractivity contribution in [1.82, 2.24) is 9.78 Å². The zero-order valence-corrected chi connectivity index (χ0v) is 15.0. The van der Waals surface area contributed by atoms with Crippen LogP contribution in [0, 0.1) is 6.92 Å². The Kier molecular flexibility index (Phi) is 4.54. The molecule has 4 aromatic rings. The number of aryl methyl sites for hydroxylation is 1. The Labute approximate surface area is 158 Å². The Morgan fingerprint density at radius 3 is 2.15 bits per heavy atom. The third-order valence-corrected chi connectivity index (χ3v) is 4.37. The van der Waals surface area contributed by atoms with E-state index >= 15 is 0 Å². The molecule has 0 aliphatic heterocycles. The molecule has 0 saturated heterocycles. The molecular weight excluding hydrogens is 334 g/mol. The number of amides is 1. The van der Waals surface area contributed by atoms with Gasteiger partial charge in [0.25, 0.3) is 5.91 Å². The van der Waals surface area contributed by atoms with Crippen LogP contribution in [0.4, 0.5) is 5.69 Å². The quantitative estimate of drug-likeness (QED) is 0.555. The summed E-state index contributed by atoms with van der Waals surface area (Å²) in [6.45, 7) is 2.02. The molecule has 0 atom stereocenters. The lowest BCUT2D eigenvalue weighted by Crippen LogP contribution is -2.13. The Morgan fingerprint density at radius 2 is 1.48 bits per heavy atom. The fourth-order valence-electron chi connectivity index (χ4n) is 2.99. The van der Waals surface area contributed by atoms with Crippen molar-refractivity contribution in [3.63, 3.8) is 0 Å². The zero-order chi connectivity index (χ0) is 18.6. The summed E-state index contributed by atoms with van der Waals surface area (Å²) in [6.07, 6.45) is 1.62. The number of benzene rings is 3. The van der Waals surface area contributed by atoms with Crippen molar-refractivity contribution in [1.29, 1.82) is 0 Å². The number of aromatic nitrogens is 2. The van der Waals surface area contributed by atoms with Crippen molar-refractivity contribution in [2.45, 2.75) is 6.92 Å². The lowest BCUT2D eigenvalue weighted by Gasteiger charge is -2.11. The summed E-state index contributed by atoms with van der Waals surface area (Å²) in [5.41, 5.74) is 5.06. The van der Waals surface area contributed by atoms with E-state index in [9.17, 15) is 4.79 Å². The molecule has 0 saturated carbocycles. The van der Waals surface area contributed by atoms with Crippen LogP contribution in [0.3, 0.4) is 0 Å². The minimum atomic E-state index is -0.181. The average Bonchev–Trinajstić information content (AvgIpc) is 3.16. The van der Waals surface area contributed by atoms with Crippen LogP contribution in [-0.4, -0.2) is 15.7 Å². The first kappa shape index (κ1) is 16.8. The highest BCUT2D eigenvalue weighted by Gasteiger charge is 2.20. The Hall–Kier alpha value is -3.66. The first-order chi connectivity index (χ1) is 13.2. The van der Waals surface area contributed by atoms with Crippen molar-refractivity contribution in [3.05, 3.63) is 102 Å². The van der Waals surface area contributed by atoms with Crippen molar-refractivity contribution in [3.8, 4) is 16.9 Å². The third kappa shape index (κ3) is 3.51. The largest absolute Gasteiger partial charge is 0.322 e. The van der Waals surface area contributed by atoms with Crippen LogP contribution in [0.1, 0.15) is 15.9 Å². The smallest absolute Gasteiger partial charge is 0.259 e. The van der Waals surface area contributed by atoms with Crippen molar-refractivity contribution < 1.29 is 4.79 Å². The standard InChI is InChI=1S/C23H19N3O/c1-17-12-14-19(15-13-17)25-23(27)21-16-24-26(20-10-6-3-7-11-20)22(21)18-8-4-2-5-9-18/h2-16H,1H3,(H,25,27). The van der Waals surface area contributed by atoms with Crippen molar-refractivity contribution >= 4 is 11.6 Å². The van der Waals surface area contributed by atoms with Gasteiger partial charge in [-0.2, -0.15) is 5.10 Å². The fraction of sp³-hybridized carbons (Fsp3) is 0.0435. The Bertz CT molecular complexity index is 1050. The predicted molar refractivity (Wildman–Crippen MR) is 108 cm³/mol. The van der Waals surface area contributed by atoms with E-state index in [1.165, 1.54) is 0 Å². The summed E-state index contributed by atoms with van der Waals surface area (Å²) < 4.78 is 1.80. The van der Waals surface area contributed by atoms with Gasteiger partial charge in [0.15, 0.2) is 0 Å². The van der Waals surface area contributed by atoms with Gasteiger partial charge < -0.3 is 5.32 Å². The van der Waals surface area contributed by atoms with Gasteiger partial charge in [-0.05, 0) is 31.2 Å². The number of nitrogens with one attached hydrogen (secondary N) is 1. The molecule has 1 heterocycles. The topological polar surface area (TPSA) is 46.9 Å². The summed E-state index contributed by atoms with van der Waals surface area (Å²) in [5.74, 6) is -0.181. The maximum Gasteiger partial charge on any atom is 0.259 e. The minimum Gasteiger partial charge on any atom is -0.322 e. The van der Waals surface area contributed by atoms with Crippen molar-refractivity contribution in [2.24, 2.45) is 0 Å². The summed E-state index contributed by atoms with van der Waals surface area (Å²) in [7, 11) is 0. The van der Waals surface area contributed by atoms with Crippen LogP contribution in [0.15, 0.2) is 91.1 Å². The van der Waals surface area contributed by atoms with Gasteiger partial charge in [-0.15, -0.1) is 0 Å². The van der Waals surface area contributed by atoms with E-state index in [1.54, 1.807) is 10.9 Å². The van der Waals surface area contributed by atoms with Crippen LogP contribution in [0.5, 0.6) is 0 Å². The molecule has 4 rings (SSSR count). The van der Waals surface area contributed by atoms with E-state index in [2.05, 4.69) is 10.4 Å². The monoisotopic (exact) mass is 353 g/mol. The molecule has 1 amide bonds.